The number of ether oxygens (including phenoxy) is 3. The number of hydrogen-bond donors (Lipinski definition) is 2. The van der Waals surface area contributed by atoms with E-state index in [4.69, 9.17) is 14.2 Å². The Balaban J connectivity index is 1.69. The van der Waals surface area contributed by atoms with Gasteiger partial charge in [-0.1, -0.05) is 60.7 Å². The molecule has 36 heavy (non-hydrogen) atoms. The Morgan fingerprint density at radius 1 is 0.833 bits per heavy atom. The molecule has 6 heteroatoms. The largest absolute Gasteiger partial charge is 0.508 e. The maximum atomic E-state index is 11.1. The molecule has 0 aliphatic rings. The summed E-state index contributed by atoms with van der Waals surface area (Å²) in [6.45, 7) is 2.24. The number of aromatic hydroxyl groups is 2. The zero-order chi connectivity index (χ0) is 25.8. The SMILES string of the molecule is COC[C@H](CC=Cc1ccc(O)cc1)[C@@H](OCC=Cc1ccc(OC(C)=O)cc1)c1ccc(O)cc1. The Morgan fingerprint density at radius 2 is 1.39 bits per heavy atom. The van der Waals surface area contributed by atoms with Crippen LogP contribution < -0.4 is 4.74 Å². The van der Waals surface area contributed by atoms with Gasteiger partial charge in [0.15, 0.2) is 0 Å². The highest BCUT2D eigenvalue weighted by Gasteiger charge is 2.23. The predicted molar refractivity (Wildman–Crippen MR) is 141 cm³/mol. The minimum Gasteiger partial charge on any atom is -0.508 e. The van der Waals surface area contributed by atoms with Crippen molar-refractivity contribution < 1.29 is 29.2 Å². The van der Waals surface area contributed by atoms with E-state index in [1.54, 1.807) is 43.5 Å². The molecule has 3 rings (SSSR count). The van der Waals surface area contributed by atoms with Crippen molar-refractivity contribution >= 4 is 18.1 Å². The molecule has 0 unspecified atom stereocenters. The molecule has 0 saturated heterocycles. The molecule has 0 amide bonds. The second-order valence-corrected chi connectivity index (χ2v) is 8.36. The summed E-state index contributed by atoms with van der Waals surface area (Å²) >= 11 is 0. The van der Waals surface area contributed by atoms with Gasteiger partial charge in [0, 0.05) is 20.0 Å². The van der Waals surface area contributed by atoms with Crippen molar-refractivity contribution in [3.63, 3.8) is 0 Å². The highest BCUT2D eigenvalue weighted by molar-refractivity contribution is 5.69. The molecule has 0 bridgehead atoms. The van der Waals surface area contributed by atoms with E-state index in [0.29, 0.717) is 25.4 Å². The quantitative estimate of drug-likeness (QED) is 0.235. The average molecular weight is 489 g/mol. The first-order valence-corrected chi connectivity index (χ1v) is 11.7. The van der Waals surface area contributed by atoms with Crippen LogP contribution in [0.3, 0.4) is 0 Å². The van der Waals surface area contributed by atoms with Crippen molar-refractivity contribution in [2.24, 2.45) is 5.92 Å². The number of carbonyl (C=O) groups is 1. The fraction of sp³-hybridized carbons (Fsp3) is 0.233. The van der Waals surface area contributed by atoms with Crippen LogP contribution in [0.4, 0.5) is 0 Å². The van der Waals surface area contributed by atoms with Gasteiger partial charge in [-0.2, -0.15) is 0 Å². The van der Waals surface area contributed by atoms with Crippen molar-refractivity contribution in [3.8, 4) is 17.2 Å². The lowest BCUT2D eigenvalue weighted by Crippen LogP contribution is -2.20. The van der Waals surface area contributed by atoms with Crippen LogP contribution in [0, 0.1) is 5.92 Å². The first-order chi connectivity index (χ1) is 17.4. The first kappa shape index (κ1) is 26.7. The number of allylic oxidation sites excluding steroid dienone is 1. The maximum absolute atomic E-state index is 11.1. The van der Waals surface area contributed by atoms with Crippen molar-refractivity contribution in [1.82, 2.24) is 0 Å². The highest BCUT2D eigenvalue weighted by atomic mass is 16.5. The molecule has 0 aliphatic carbocycles. The van der Waals surface area contributed by atoms with Crippen LogP contribution in [-0.4, -0.2) is 36.5 Å². The van der Waals surface area contributed by atoms with Crippen molar-refractivity contribution in [1.29, 1.82) is 0 Å². The minimum atomic E-state index is -0.351. The lowest BCUT2D eigenvalue weighted by Gasteiger charge is -2.26. The van der Waals surface area contributed by atoms with Crippen LogP contribution in [0.5, 0.6) is 17.2 Å². The highest BCUT2D eigenvalue weighted by Crippen LogP contribution is 2.31. The second kappa shape index (κ2) is 13.9. The van der Waals surface area contributed by atoms with Crippen molar-refractivity contribution in [2.45, 2.75) is 19.4 Å². The van der Waals surface area contributed by atoms with Crippen LogP contribution in [-0.2, 0) is 14.3 Å². The average Bonchev–Trinajstić information content (AvgIpc) is 2.86. The predicted octanol–water partition coefficient (Wildman–Crippen LogP) is 6.16. The van der Waals surface area contributed by atoms with Crippen LogP contribution >= 0.6 is 0 Å². The van der Waals surface area contributed by atoms with Gasteiger partial charge in [-0.25, -0.2) is 0 Å². The van der Waals surface area contributed by atoms with E-state index in [1.165, 1.54) is 6.92 Å². The van der Waals surface area contributed by atoms with Crippen LogP contribution in [0.25, 0.3) is 12.2 Å². The fourth-order valence-electron chi connectivity index (χ4n) is 3.78. The van der Waals surface area contributed by atoms with Gasteiger partial charge in [0.1, 0.15) is 17.2 Å². The molecular weight excluding hydrogens is 456 g/mol. The number of phenolic OH excluding ortho intramolecular Hbond substituents is 2. The third kappa shape index (κ3) is 8.73. The van der Waals surface area contributed by atoms with Gasteiger partial charge in [0.2, 0.25) is 0 Å². The van der Waals surface area contributed by atoms with Crippen molar-refractivity contribution in [3.05, 3.63) is 102 Å². The van der Waals surface area contributed by atoms with E-state index in [-0.39, 0.29) is 29.5 Å². The molecule has 0 radical (unpaired) electrons. The molecule has 6 nitrogen and oxygen atoms in total. The van der Waals surface area contributed by atoms with Gasteiger partial charge < -0.3 is 24.4 Å². The summed E-state index contributed by atoms with van der Waals surface area (Å²) in [5.74, 6) is 0.620. The van der Waals surface area contributed by atoms with E-state index in [9.17, 15) is 15.0 Å². The lowest BCUT2D eigenvalue weighted by molar-refractivity contribution is -0.131. The number of benzene rings is 3. The third-order valence-corrected chi connectivity index (χ3v) is 5.50. The Morgan fingerprint density at radius 3 is 1.97 bits per heavy atom. The monoisotopic (exact) mass is 488 g/mol. The number of methoxy groups -OCH3 is 1. The molecule has 0 saturated carbocycles. The maximum Gasteiger partial charge on any atom is 0.308 e. The molecule has 2 atom stereocenters. The molecule has 188 valence electrons. The summed E-state index contributed by atoms with van der Waals surface area (Å²) < 4.78 is 16.9. The Kier molecular flexibility index (Phi) is 10.3. The smallest absolute Gasteiger partial charge is 0.308 e. The molecule has 3 aromatic rings. The summed E-state index contributed by atoms with van der Waals surface area (Å²) in [4.78, 5) is 11.1. The number of rotatable bonds is 12. The summed E-state index contributed by atoms with van der Waals surface area (Å²) in [5, 5.41) is 19.2. The van der Waals surface area contributed by atoms with Gasteiger partial charge in [-0.3, -0.25) is 4.79 Å². The minimum absolute atomic E-state index is 0.0318. The van der Waals surface area contributed by atoms with Gasteiger partial charge in [0.05, 0.1) is 19.3 Å². The van der Waals surface area contributed by atoms with Crippen LogP contribution in [0.2, 0.25) is 0 Å². The van der Waals surface area contributed by atoms with E-state index >= 15 is 0 Å². The van der Waals surface area contributed by atoms with E-state index in [1.807, 2.05) is 54.6 Å². The van der Waals surface area contributed by atoms with E-state index < -0.39 is 0 Å². The molecule has 0 spiro atoms. The number of phenols is 2. The van der Waals surface area contributed by atoms with Crippen LogP contribution in [0.15, 0.2) is 84.9 Å². The summed E-state index contributed by atoms with van der Waals surface area (Å²) in [6.07, 6.45) is 8.42. The summed E-state index contributed by atoms with van der Waals surface area (Å²) in [7, 11) is 1.67. The van der Waals surface area contributed by atoms with Gasteiger partial charge in [-0.15, -0.1) is 0 Å². The first-order valence-electron chi connectivity index (χ1n) is 11.7. The lowest BCUT2D eigenvalue weighted by atomic mass is 9.92. The summed E-state index contributed by atoms with van der Waals surface area (Å²) in [5.41, 5.74) is 2.90. The molecule has 0 aromatic heterocycles. The number of carbonyl (C=O) groups excluding carboxylic acids is 1. The van der Waals surface area contributed by atoms with Gasteiger partial charge in [-0.05, 0) is 59.5 Å². The van der Waals surface area contributed by atoms with Crippen molar-refractivity contribution in [2.75, 3.05) is 20.3 Å². The van der Waals surface area contributed by atoms with E-state index in [2.05, 4.69) is 6.08 Å². The molecule has 3 aromatic carbocycles. The molecule has 0 heterocycles. The standard InChI is InChI=1S/C30H32O6/c1-22(31)36-29-18-10-24(11-19-29)6-4-20-35-30(25-12-16-28(33)17-13-25)26(21-34-2)7-3-5-23-8-14-27(32)15-9-23/h3-6,8-19,26,30,32-33H,7,20-21H2,1-2H3/t26-,30-/m0/s1. The molecule has 0 fully saturated rings. The topological polar surface area (TPSA) is 85.2 Å². The third-order valence-electron chi connectivity index (χ3n) is 5.50. The molecule has 2 N–H and O–H groups in total. The van der Waals surface area contributed by atoms with Crippen LogP contribution in [0.1, 0.15) is 36.1 Å². The Bertz CT molecular complexity index is 1130. The van der Waals surface area contributed by atoms with Gasteiger partial charge in [0.25, 0.3) is 0 Å². The summed E-state index contributed by atoms with van der Waals surface area (Å²) in [6, 6.07) is 21.3. The fourth-order valence-corrected chi connectivity index (χ4v) is 3.78. The molecule has 0 aliphatic heterocycles. The number of esters is 1. The Labute approximate surface area is 212 Å². The zero-order valence-corrected chi connectivity index (χ0v) is 20.5. The molecular formula is C30H32O6. The number of hydrogen-bond acceptors (Lipinski definition) is 6. The second-order valence-electron chi connectivity index (χ2n) is 8.36. The van der Waals surface area contributed by atoms with Gasteiger partial charge >= 0.3 is 5.97 Å². The Hall–Kier alpha value is -3.87. The normalized spacial score (nSPS) is 13.2. The zero-order valence-electron chi connectivity index (χ0n) is 20.5. The van der Waals surface area contributed by atoms with E-state index in [0.717, 1.165) is 16.7 Å².